The number of benzene rings is 5. The Labute approximate surface area is 387 Å². The monoisotopic (exact) mass is 1170 g/mol. The first-order valence-corrected chi connectivity index (χ1v) is 19.3. The van der Waals surface area contributed by atoms with Crippen LogP contribution in [0.4, 0.5) is 0 Å². The van der Waals surface area contributed by atoms with E-state index in [1.54, 1.807) is 18.6 Å². The number of nitrogens with zero attached hydrogens (tertiary/aromatic N) is 11. The number of para-hydroxylation sites is 5. The maximum absolute atomic E-state index is 4.62. The van der Waals surface area contributed by atoms with Crippen LogP contribution in [0.2, 0.25) is 0 Å². The van der Waals surface area contributed by atoms with Crippen LogP contribution in [0.5, 0.6) is 0 Å². The zero-order chi connectivity index (χ0) is 41.3. The largest absolute Gasteiger partial charge is 0.434 e. The predicted octanol–water partition coefficient (Wildman–Crippen LogP) is 9.46. The molecule has 0 amide bonds. The van der Waals surface area contributed by atoms with Gasteiger partial charge in [-0.2, -0.15) is 35.4 Å². The molecule has 62 heavy (non-hydrogen) atoms. The van der Waals surface area contributed by atoms with Gasteiger partial charge in [0.15, 0.2) is 12.7 Å². The molecule has 0 fully saturated rings. The van der Waals surface area contributed by atoms with Crippen LogP contribution in [0, 0.1) is 26.0 Å². The number of hydrogen-bond acceptors (Lipinski definition) is 5. The van der Waals surface area contributed by atoms with Gasteiger partial charge >= 0.3 is 0 Å². The molecule has 312 valence electrons. The van der Waals surface area contributed by atoms with Gasteiger partial charge in [-0.25, -0.2) is 14.1 Å². The van der Waals surface area contributed by atoms with Gasteiger partial charge in [0.1, 0.15) is 24.8 Å². The molecule has 6 heterocycles. The normalized spacial score (nSPS) is 10.3. The van der Waals surface area contributed by atoms with Crippen molar-refractivity contribution >= 4 is 33.0 Å². The van der Waals surface area contributed by atoms with Crippen molar-refractivity contribution in [2.24, 2.45) is 14.1 Å². The minimum absolute atomic E-state index is 0. The molecule has 0 aliphatic heterocycles. The standard InChI is InChI=1S/C16H10N3.C11H7N4.2C11H12N2.2Ir/c1-2-6-12-11(5-1)9-10-15(17-12)16-18-13-7-3-4-8-14(13)19-16;1-2-4-9-8(3-1)14-11(15-9)10-7-12-5-6-13-10;2*1-10-3-5-11(6-4-10)13-8-7-12(2)9-13;;/h1-10H;1-7H;2*3-5,7-9H,1-2H3;;/q2*-1;;;;. The molecular formula is C49H41Ir2N11-2. The third kappa shape index (κ3) is 11.3. The second kappa shape index (κ2) is 21.2. The first-order valence-electron chi connectivity index (χ1n) is 19.3. The summed E-state index contributed by atoms with van der Waals surface area (Å²) in [4.78, 5) is 30.5. The molecule has 5 aromatic carbocycles. The third-order valence-corrected chi connectivity index (χ3v) is 9.29. The Morgan fingerprint density at radius 3 is 1.50 bits per heavy atom. The van der Waals surface area contributed by atoms with E-state index in [9.17, 15) is 0 Å². The summed E-state index contributed by atoms with van der Waals surface area (Å²) in [6.45, 7) is 4.13. The number of aryl methyl sites for hydroxylation is 4. The van der Waals surface area contributed by atoms with E-state index < -0.39 is 0 Å². The fourth-order valence-electron chi connectivity index (χ4n) is 6.14. The number of imidazole rings is 4. The molecule has 0 saturated heterocycles. The van der Waals surface area contributed by atoms with Crippen LogP contribution in [-0.4, -0.2) is 43.2 Å². The average molecular weight is 1170 g/mol. The number of pyridine rings is 1. The minimum Gasteiger partial charge on any atom is -0.434 e. The molecule has 11 aromatic rings. The fraction of sp³-hybridized carbons (Fsp3) is 0.0816. The molecule has 0 aliphatic carbocycles. The Balaban J connectivity index is 0.000000138. The number of fused-ring (bicyclic) bond motifs is 3. The van der Waals surface area contributed by atoms with Crippen LogP contribution in [0.25, 0.3) is 67.4 Å². The van der Waals surface area contributed by atoms with E-state index in [4.69, 9.17) is 0 Å². The minimum atomic E-state index is 0. The molecule has 13 heteroatoms. The zero-order valence-electron chi connectivity index (χ0n) is 34.3. The van der Waals surface area contributed by atoms with Crippen LogP contribution in [0.3, 0.4) is 0 Å². The van der Waals surface area contributed by atoms with Crippen molar-refractivity contribution in [3.05, 3.63) is 201 Å². The van der Waals surface area contributed by atoms with Gasteiger partial charge in [-0.1, -0.05) is 86.6 Å². The predicted molar refractivity (Wildman–Crippen MR) is 237 cm³/mol. The summed E-state index contributed by atoms with van der Waals surface area (Å²) in [6.07, 6.45) is 17.0. The van der Waals surface area contributed by atoms with Crippen LogP contribution >= 0.6 is 0 Å². The summed E-state index contributed by atoms with van der Waals surface area (Å²) in [6, 6.07) is 46.4. The van der Waals surface area contributed by atoms with E-state index in [1.807, 2.05) is 155 Å². The zero-order valence-corrected chi connectivity index (χ0v) is 39.1. The first-order chi connectivity index (χ1) is 29.3. The van der Waals surface area contributed by atoms with Gasteiger partial charge in [0.2, 0.25) is 0 Å². The van der Waals surface area contributed by atoms with Crippen LogP contribution in [-0.2, 0) is 54.3 Å². The van der Waals surface area contributed by atoms with Gasteiger partial charge in [0, 0.05) is 83.5 Å². The molecule has 0 bridgehead atoms. The van der Waals surface area contributed by atoms with Gasteiger partial charge in [-0.15, -0.1) is 24.3 Å². The average Bonchev–Trinajstić information content (AvgIpc) is 4.12. The van der Waals surface area contributed by atoms with E-state index >= 15 is 0 Å². The summed E-state index contributed by atoms with van der Waals surface area (Å²) < 4.78 is 8.10. The third-order valence-electron chi connectivity index (χ3n) is 9.29. The molecule has 0 atom stereocenters. The van der Waals surface area contributed by atoms with Gasteiger partial charge in [-0.3, -0.25) is 19.1 Å². The molecule has 6 aromatic heterocycles. The van der Waals surface area contributed by atoms with Crippen molar-refractivity contribution in [3.8, 4) is 34.4 Å². The van der Waals surface area contributed by atoms with E-state index in [0.29, 0.717) is 17.3 Å². The molecule has 0 saturated carbocycles. The molecule has 0 N–H and O–H groups in total. The number of rotatable bonds is 4. The summed E-state index contributed by atoms with van der Waals surface area (Å²) in [5.74, 6) is 1.32. The van der Waals surface area contributed by atoms with Gasteiger partial charge in [0.05, 0.1) is 23.1 Å². The quantitative estimate of drug-likeness (QED) is 0.162. The maximum atomic E-state index is 4.62. The summed E-state index contributed by atoms with van der Waals surface area (Å²) in [5, 5.41) is 1.13. The van der Waals surface area contributed by atoms with Crippen molar-refractivity contribution in [1.82, 2.24) is 53.2 Å². The summed E-state index contributed by atoms with van der Waals surface area (Å²) >= 11 is 0. The van der Waals surface area contributed by atoms with Gasteiger partial charge in [-0.05, 0) is 45.8 Å². The van der Waals surface area contributed by atoms with Gasteiger partial charge in [0.25, 0.3) is 0 Å². The van der Waals surface area contributed by atoms with E-state index in [-0.39, 0.29) is 40.2 Å². The second-order valence-corrected chi connectivity index (χ2v) is 14.0. The van der Waals surface area contributed by atoms with Crippen LogP contribution in [0.15, 0.2) is 177 Å². The van der Waals surface area contributed by atoms with Gasteiger partial charge < -0.3 is 19.9 Å². The summed E-state index contributed by atoms with van der Waals surface area (Å²) in [7, 11) is 4.01. The van der Waals surface area contributed by atoms with Crippen molar-refractivity contribution in [2.45, 2.75) is 13.8 Å². The van der Waals surface area contributed by atoms with Crippen molar-refractivity contribution < 1.29 is 40.2 Å². The Kier molecular flexibility index (Phi) is 15.3. The van der Waals surface area contributed by atoms with Crippen LogP contribution < -0.4 is 9.97 Å². The van der Waals surface area contributed by atoms with Crippen molar-refractivity contribution in [1.29, 1.82) is 0 Å². The van der Waals surface area contributed by atoms with E-state index in [1.165, 1.54) is 11.1 Å². The first kappa shape index (κ1) is 44.8. The maximum Gasteiger partial charge on any atom is 0.163 e. The molecular weight excluding hydrogens is 1130 g/mol. The Hall–Kier alpha value is -6.75. The molecule has 11 nitrogen and oxygen atoms in total. The Bertz CT molecular complexity index is 2950. The fourth-order valence-corrected chi connectivity index (χ4v) is 6.14. The number of aromatic nitrogens is 11. The summed E-state index contributed by atoms with van der Waals surface area (Å²) in [5.41, 5.74) is 10.7. The molecule has 0 unspecified atom stereocenters. The topological polar surface area (TPSA) is 112 Å². The van der Waals surface area contributed by atoms with Crippen molar-refractivity contribution in [2.75, 3.05) is 0 Å². The Morgan fingerprint density at radius 2 is 1.03 bits per heavy atom. The van der Waals surface area contributed by atoms with E-state index in [2.05, 4.69) is 97.3 Å². The molecule has 2 radical (unpaired) electrons. The molecule has 0 aliphatic rings. The smallest absolute Gasteiger partial charge is 0.163 e. The second-order valence-electron chi connectivity index (χ2n) is 14.0. The van der Waals surface area contributed by atoms with Crippen LogP contribution in [0.1, 0.15) is 11.1 Å². The SMILES string of the molecule is Cc1c[c-]c(-n2ccn(C)[cH+]2)cc1.Cc1c[c-]c(-n2ccn(C)[cH+]2)cc1.[Ir].[Ir].c1ccc2[n-]c(-c3cnccn3)nc2c1.c1ccc2nc(-c3nc4ccccc4[n-]3)ccc2c1. The van der Waals surface area contributed by atoms with E-state index in [0.717, 1.165) is 50.0 Å². The van der Waals surface area contributed by atoms with Crippen molar-refractivity contribution in [3.63, 3.8) is 0 Å². The Morgan fingerprint density at radius 1 is 0.516 bits per heavy atom. The molecule has 11 rings (SSSR count). The molecule has 0 spiro atoms. The number of hydrogen-bond donors (Lipinski definition) is 0.